The van der Waals surface area contributed by atoms with Gasteiger partial charge < -0.3 is 10.6 Å². The highest BCUT2D eigenvalue weighted by Crippen LogP contribution is 2.24. The first-order chi connectivity index (χ1) is 8.49. The van der Waals surface area contributed by atoms with E-state index in [0.29, 0.717) is 12.3 Å². The number of rotatable bonds is 6. The summed E-state index contributed by atoms with van der Waals surface area (Å²) >= 11 is 0. The van der Waals surface area contributed by atoms with Gasteiger partial charge in [0.2, 0.25) is 5.91 Å². The van der Waals surface area contributed by atoms with E-state index in [1.807, 2.05) is 11.8 Å². The van der Waals surface area contributed by atoms with Crippen molar-refractivity contribution in [1.82, 2.24) is 4.90 Å². The molecule has 1 saturated heterocycles. The second-order valence-electron chi connectivity index (χ2n) is 6.31. The van der Waals surface area contributed by atoms with Crippen molar-refractivity contribution in [2.45, 2.75) is 65.3 Å². The molecule has 18 heavy (non-hydrogen) atoms. The summed E-state index contributed by atoms with van der Waals surface area (Å²) < 4.78 is 0. The lowest BCUT2D eigenvalue weighted by molar-refractivity contribution is -0.132. The van der Waals surface area contributed by atoms with Gasteiger partial charge in [-0.05, 0) is 38.0 Å². The molecule has 0 aliphatic carbocycles. The molecule has 0 aromatic heterocycles. The molecule has 1 rings (SSSR count). The van der Waals surface area contributed by atoms with Crippen LogP contribution in [0.15, 0.2) is 0 Å². The third-order valence-electron chi connectivity index (χ3n) is 3.93. The molecule has 1 fully saturated rings. The first kappa shape index (κ1) is 15.5. The van der Waals surface area contributed by atoms with Crippen LogP contribution in [0.3, 0.4) is 0 Å². The van der Waals surface area contributed by atoms with Gasteiger partial charge in [-0.15, -0.1) is 0 Å². The van der Waals surface area contributed by atoms with Gasteiger partial charge in [-0.1, -0.05) is 26.7 Å². The maximum Gasteiger partial charge on any atom is 0.222 e. The maximum absolute atomic E-state index is 11.9. The van der Waals surface area contributed by atoms with Crippen LogP contribution in [-0.4, -0.2) is 29.9 Å². The van der Waals surface area contributed by atoms with Gasteiger partial charge in [0.05, 0.1) is 0 Å². The van der Waals surface area contributed by atoms with E-state index in [4.69, 9.17) is 5.73 Å². The molecule has 1 amide bonds. The monoisotopic (exact) mass is 254 g/mol. The summed E-state index contributed by atoms with van der Waals surface area (Å²) in [7, 11) is 0. The van der Waals surface area contributed by atoms with Crippen molar-refractivity contribution in [2.75, 3.05) is 13.1 Å². The van der Waals surface area contributed by atoms with Crippen molar-refractivity contribution < 1.29 is 4.79 Å². The summed E-state index contributed by atoms with van der Waals surface area (Å²) in [4.78, 5) is 14.0. The fraction of sp³-hybridized carbons (Fsp3) is 0.933. The predicted octanol–water partition coefficient (Wildman–Crippen LogP) is 2.79. The standard InChI is InChI=1S/C15H30N2O/c1-12(2)4-6-14-8-10-17(11-9-14)15(18)7-5-13(3)16/h12-14H,4-11,16H2,1-3H3. The van der Waals surface area contributed by atoms with Gasteiger partial charge in [0, 0.05) is 25.6 Å². The number of piperidine rings is 1. The van der Waals surface area contributed by atoms with Crippen LogP contribution in [0.25, 0.3) is 0 Å². The van der Waals surface area contributed by atoms with Crippen LogP contribution in [0.2, 0.25) is 0 Å². The Morgan fingerprint density at radius 2 is 1.83 bits per heavy atom. The Morgan fingerprint density at radius 3 is 2.33 bits per heavy atom. The molecule has 0 radical (unpaired) electrons. The molecule has 0 aromatic carbocycles. The predicted molar refractivity (Wildman–Crippen MR) is 76.3 cm³/mol. The van der Waals surface area contributed by atoms with Crippen LogP contribution in [-0.2, 0) is 4.79 Å². The summed E-state index contributed by atoms with van der Waals surface area (Å²) in [5, 5.41) is 0. The van der Waals surface area contributed by atoms with Crippen LogP contribution >= 0.6 is 0 Å². The fourth-order valence-corrected chi connectivity index (χ4v) is 2.55. The molecule has 1 heterocycles. The molecule has 0 spiro atoms. The van der Waals surface area contributed by atoms with Crippen LogP contribution in [0.5, 0.6) is 0 Å². The second-order valence-corrected chi connectivity index (χ2v) is 6.31. The van der Waals surface area contributed by atoms with E-state index >= 15 is 0 Å². The summed E-state index contributed by atoms with van der Waals surface area (Å²) in [5.41, 5.74) is 5.69. The average molecular weight is 254 g/mol. The number of carbonyl (C=O) groups is 1. The fourth-order valence-electron chi connectivity index (χ4n) is 2.55. The number of carbonyl (C=O) groups excluding carboxylic acids is 1. The third-order valence-corrected chi connectivity index (χ3v) is 3.93. The Morgan fingerprint density at radius 1 is 1.22 bits per heavy atom. The van der Waals surface area contributed by atoms with Crippen LogP contribution in [0.1, 0.15) is 59.3 Å². The smallest absolute Gasteiger partial charge is 0.222 e. The number of nitrogens with zero attached hydrogens (tertiary/aromatic N) is 1. The van der Waals surface area contributed by atoms with Gasteiger partial charge >= 0.3 is 0 Å². The van der Waals surface area contributed by atoms with E-state index in [-0.39, 0.29) is 6.04 Å². The summed E-state index contributed by atoms with van der Waals surface area (Å²) in [5.74, 6) is 1.94. The van der Waals surface area contributed by atoms with E-state index in [1.165, 1.54) is 25.7 Å². The van der Waals surface area contributed by atoms with E-state index in [2.05, 4.69) is 13.8 Å². The van der Waals surface area contributed by atoms with Crippen molar-refractivity contribution >= 4 is 5.91 Å². The lowest BCUT2D eigenvalue weighted by atomic mass is 9.89. The molecule has 106 valence electrons. The van der Waals surface area contributed by atoms with Crippen molar-refractivity contribution in [2.24, 2.45) is 17.6 Å². The SMILES string of the molecule is CC(C)CCC1CCN(C(=O)CCC(C)N)CC1. The van der Waals surface area contributed by atoms with Crippen LogP contribution in [0, 0.1) is 11.8 Å². The first-order valence-corrected chi connectivity index (χ1v) is 7.52. The molecule has 1 aliphatic heterocycles. The molecule has 3 nitrogen and oxygen atoms in total. The molecule has 3 heteroatoms. The average Bonchev–Trinajstić information content (AvgIpc) is 2.34. The Kier molecular flexibility index (Phi) is 6.69. The highest BCUT2D eigenvalue weighted by molar-refractivity contribution is 5.76. The molecule has 0 saturated carbocycles. The van der Waals surface area contributed by atoms with Crippen molar-refractivity contribution in [3.8, 4) is 0 Å². The first-order valence-electron chi connectivity index (χ1n) is 7.52. The number of likely N-dealkylation sites (tertiary alicyclic amines) is 1. The lowest BCUT2D eigenvalue weighted by Gasteiger charge is -2.32. The normalized spacial score (nSPS) is 19.3. The van der Waals surface area contributed by atoms with Gasteiger partial charge in [0.15, 0.2) is 0 Å². The van der Waals surface area contributed by atoms with Crippen molar-refractivity contribution in [3.63, 3.8) is 0 Å². The number of nitrogens with two attached hydrogens (primary N) is 1. The maximum atomic E-state index is 11.9. The van der Waals surface area contributed by atoms with Crippen LogP contribution < -0.4 is 5.73 Å². The molecular weight excluding hydrogens is 224 g/mol. The highest BCUT2D eigenvalue weighted by Gasteiger charge is 2.22. The number of amides is 1. The second kappa shape index (κ2) is 7.78. The Hall–Kier alpha value is -0.570. The van der Waals surface area contributed by atoms with Crippen LogP contribution in [0.4, 0.5) is 0 Å². The van der Waals surface area contributed by atoms with Gasteiger partial charge in [-0.2, -0.15) is 0 Å². The zero-order chi connectivity index (χ0) is 13.5. The van der Waals surface area contributed by atoms with Crippen molar-refractivity contribution in [3.05, 3.63) is 0 Å². The Bertz CT molecular complexity index is 243. The molecule has 1 aliphatic rings. The zero-order valence-electron chi connectivity index (χ0n) is 12.3. The summed E-state index contributed by atoms with van der Waals surface area (Å²) in [6.07, 6.45) is 6.47. The highest BCUT2D eigenvalue weighted by atomic mass is 16.2. The minimum absolute atomic E-state index is 0.137. The number of hydrogen-bond acceptors (Lipinski definition) is 2. The van der Waals surface area contributed by atoms with Gasteiger partial charge in [0.25, 0.3) is 0 Å². The summed E-state index contributed by atoms with van der Waals surface area (Å²) in [6, 6.07) is 0.137. The molecular formula is C15H30N2O. The topological polar surface area (TPSA) is 46.3 Å². The van der Waals surface area contributed by atoms with E-state index in [9.17, 15) is 4.79 Å². The lowest BCUT2D eigenvalue weighted by Crippen LogP contribution is -2.39. The Balaban J connectivity index is 2.20. The van der Waals surface area contributed by atoms with E-state index in [0.717, 1.165) is 31.3 Å². The molecule has 2 N–H and O–H groups in total. The quantitative estimate of drug-likeness (QED) is 0.792. The molecule has 0 aromatic rings. The van der Waals surface area contributed by atoms with E-state index < -0.39 is 0 Å². The van der Waals surface area contributed by atoms with Gasteiger partial charge in [0.1, 0.15) is 0 Å². The van der Waals surface area contributed by atoms with E-state index in [1.54, 1.807) is 0 Å². The number of hydrogen-bond donors (Lipinski definition) is 1. The zero-order valence-corrected chi connectivity index (χ0v) is 12.3. The minimum Gasteiger partial charge on any atom is -0.343 e. The third kappa shape index (κ3) is 5.85. The summed E-state index contributed by atoms with van der Waals surface area (Å²) in [6.45, 7) is 8.45. The molecule has 0 bridgehead atoms. The largest absolute Gasteiger partial charge is 0.343 e. The van der Waals surface area contributed by atoms with Gasteiger partial charge in [-0.3, -0.25) is 4.79 Å². The van der Waals surface area contributed by atoms with Crippen molar-refractivity contribution in [1.29, 1.82) is 0 Å². The molecule has 1 unspecified atom stereocenters. The minimum atomic E-state index is 0.137. The Labute approximate surface area is 112 Å². The molecule has 1 atom stereocenters. The van der Waals surface area contributed by atoms with Gasteiger partial charge in [-0.25, -0.2) is 0 Å².